The van der Waals surface area contributed by atoms with Gasteiger partial charge in [0.2, 0.25) is 0 Å². The molecule has 2 aromatic heterocycles. The minimum absolute atomic E-state index is 0.294. The van der Waals surface area contributed by atoms with Crippen LogP contribution in [0.5, 0.6) is 0 Å². The Kier molecular flexibility index (Phi) is 6.61. The minimum atomic E-state index is -0.294. The van der Waals surface area contributed by atoms with Crippen molar-refractivity contribution in [3.63, 3.8) is 0 Å². The zero-order valence-electron chi connectivity index (χ0n) is 20.2. The standard InChI is InChI=1S/C25H29ClN6O2/c1-15(2)22(13-10-16(3)23-17(4)24(26)30(5)27-23)34-14-20-19(18-11-12-18)8-7-9-21(20)32-25(33)31(6)28-29-32/h7-10,13,18H,3,11-12,14H2,1-2,4-6H3/b13-10-. The van der Waals surface area contributed by atoms with Crippen LogP contribution in [0.15, 0.2) is 53.1 Å². The SMILES string of the molecule is C=C(/C=C\C(OCc1c(C2CC2)cccc1-n1nnn(C)c1=O)=C(C)C)c1nn(C)c(Cl)c1C. The van der Waals surface area contributed by atoms with E-state index < -0.39 is 0 Å². The Balaban J connectivity index is 1.61. The van der Waals surface area contributed by atoms with E-state index in [0.717, 1.165) is 46.6 Å². The lowest BCUT2D eigenvalue weighted by molar-refractivity contribution is 0.206. The third-order valence-electron chi connectivity index (χ3n) is 5.96. The van der Waals surface area contributed by atoms with Crippen LogP contribution in [-0.4, -0.2) is 29.6 Å². The molecule has 0 amide bonds. The molecule has 2 heterocycles. The van der Waals surface area contributed by atoms with Gasteiger partial charge in [0.15, 0.2) is 0 Å². The first-order valence-electron chi connectivity index (χ1n) is 11.2. The van der Waals surface area contributed by atoms with Crippen LogP contribution < -0.4 is 5.69 Å². The molecule has 0 atom stereocenters. The molecule has 1 fully saturated rings. The summed E-state index contributed by atoms with van der Waals surface area (Å²) in [5.74, 6) is 1.21. The molecular weight excluding hydrogens is 452 g/mol. The number of rotatable bonds is 8. The number of allylic oxidation sites excluding steroid dienone is 4. The number of aryl methyl sites for hydroxylation is 2. The van der Waals surface area contributed by atoms with E-state index in [9.17, 15) is 4.79 Å². The van der Waals surface area contributed by atoms with E-state index >= 15 is 0 Å². The molecule has 178 valence electrons. The van der Waals surface area contributed by atoms with Crippen molar-refractivity contribution in [1.29, 1.82) is 0 Å². The molecule has 0 unspecified atom stereocenters. The molecule has 0 aliphatic heterocycles. The maximum atomic E-state index is 12.5. The summed E-state index contributed by atoms with van der Waals surface area (Å²) >= 11 is 6.26. The van der Waals surface area contributed by atoms with Crippen molar-refractivity contribution in [2.24, 2.45) is 14.1 Å². The number of hydrogen-bond acceptors (Lipinski definition) is 5. The second-order valence-corrected chi connectivity index (χ2v) is 9.17. The van der Waals surface area contributed by atoms with Crippen LogP contribution in [0, 0.1) is 6.92 Å². The number of aromatic nitrogens is 6. The van der Waals surface area contributed by atoms with Crippen molar-refractivity contribution >= 4 is 17.2 Å². The summed E-state index contributed by atoms with van der Waals surface area (Å²) in [7, 11) is 3.39. The highest BCUT2D eigenvalue weighted by Crippen LogP contribution is 2.43. The van der Waals surface area contributed by atoms with E-state index in [1.54, 1.807) is 18.8 Å². The molecular formula is C25H29ClN6O2. The molecule has 0 saturated heterocycles. The molecule has 3 aromatic rings. The normalized spacial score (nSPS) is 13.5. The Morgan fingerprint density at radius 3 is 2.50 bits per heavy atom. The van der Waals surface area contributed by atoms with E-state index in [0.29, 0.717) is 23.4 Å². The topological polar surface area (TPSA) is 79.8 Å². The summed E-state index contributed by atoms with van der Waals surface area (Å²) in [6.45, 7) is 10.4. The molecule has 8 nitrogen and oxygen atoms in total. The Bertz CT molecular complexity index is 1370. The summed E-state index contributed by atoms with van der Waals surface area (Å²) in [5, 5.41) is 13.0. The van der Waals surface area contributed by atoms with Gasteiger partial charge in [-0.2, -0.15) is 14.5 Å². The molecule has 4 rings (SSSR count). The van der Waals surface area contributed by atoms with Gasteiger partial charge in [-0.05, 0) is 84.9 Å². The summed E-state index contributed by atoms with van der Waals surface area (Å²) in [5.41, 5.74) is 5.94. The van der Waals surface area contributed by atoms with Crippen molar-refractivity contribution in [3.05, 3.63) is 86.3 Å². The fourth-order valence-corrected chi connectivity index (χ4v) is 4.00. The molecule has 0 N–H and O–H groups in total. The lowest BCUT2D eigenvalue weighted by atomic mass is 10.0. The summed E-state index contributed by atoms with van der Waals surface area (Å²) in [4.78, 5) is 12.5. The third kappa shape index (κ3) is 4.63. The molecule has 9 heteroatoms. The van der Waals surface area contributed by atoms with Crippen molar-refractivity contribution in [1.82, 2.24) is 29.6 Å². The summed E-state index contributed by atoms with van der Waals surface area (Å²) < 4.78 is 10.5. The molecule has 0 radical (unpaired) electrons. The number of ether oxygens (including phenoxy) is 1. The molecule has 1 aliphatic carbocycles. The molecule has 34 heavy (non-hydrogen) atoms. The van der Waals surface area contributed by atoms with Gasteiger partial charge >= 0.3 is 5.69 Å². The highest BCUT2D eigenvalue weighted by molar-refractivity contribution is 6.30. The van der Waals surface area contributed by atoms with Crippen LogP contribution in [0.2, 0.25) is 5.15 Å². The van der Waals surface area contributed by atoms with Gasteiger partial charge in [-0.25, -0.2) is 4.79 Å². The summed E-state index contributed by atoms with van der Waals surface area (Å²) in [6.07, 6.45) is 6.04. The van der Waals surface area contributed by atoms with Gasteiger partial charge in [0.1, 0.15) is 17.5 Å². The smallest absolute Gasteiger partial charge is 0.368 e. The monoisotopic (exact) mass is 480 g/mol. The van der Waals surface area contributed by atoms with Crippen LogP contribution in [-0.2, 0) is 25.4 Å². The van der Waals surface area contributed by atoms with Crippen LogP contribution in [0.4, 0.5) is 0 Å². The predicted octanol–water partition coefficient (Wildman–Crippen LogP) is 4.62. The van der Waals surface area contributed by atoms with Crippen LogP contribution >= 0.6 is 11.6 Å². The molecule has 0 bridgehead atoms. The van der Waals surface area contributed by atoms with Crippen molar-refractivity contribution in [3.8, 4) is 5.69 Å². The first kappa shape index (κ1) is 23.8. The van der Waals surface area contributed by atoms with E-state index in [1.165, 1.54) is 14.9 Å². The second kappa shape index (κ2) is 9.46. The number of tetrazole rings is 1. The van der Waals surface area contributed by atoms with Gasteiger partial charge in [-0.3, -0.25) is 4.68 Å². The quantitative estimate of drug-likeness (QED) is 0.347. The van der Waals surface area contributed by atoms with E-state index in [2.05, 4.69) is 28.2 Å². The number of halogens is 1. The lowest BCUT2D eigenvalue weighted by Gasteiger charge is -2.16. The van der Waals surface area contributed by atoms with E-state index in [1.807, 2.05) is 45.1 Å². The summed E-state index contributed by atoms with van der Waals surface area (Å²) in [6, 6.07) is 5.95. The second-order valence-electron chi connectivity index (χ2n) is 8.82. The van der Waals surface area contributed by atoms with Crippen molar-refractivity contribution in [2.75, 3.05) is 0 Å². The van der Waals surface area contributed by atoms with Gasteiger partial charge in [0.25, 0.3) is 0 Å². The van der Waals surface area contributed by atoms with E-state index in [4.69, 9.17) is 16.3 Å². The fourth-order valence-electron chi connectivity index (χ4n) is 3.87. The largest absolute Gasteiger partial charge is 0.489 e. The maximum absolute atomic E-state index is 12.5. The van der Waals surface area contributed by atoms with E-state index in [-0.39, 0.29) is 5.69 Å². The van der Waals surface area contributed by atoms with Crippen molar-refractivity contribution in [2.45, 2.75) is 46.1 Å². The molecule has 1 aliphatic rings. The number of benzene rings is 1. The number of hydrogen-bond donors (Lipinski definition) is 0. The van der Waals surface area contributed by atoms with Gasteiger partial charge in [-0.1, -0.05) is 30.3 Å². The van der Waals surface area contributed by atoms with Crippen LogP contribution in [0.25, 0.3) is 11.3 Å². The first-order valence-corrected chi connectivity index (χ1v) is 11.5. The average Bonchev–Trinajstić information content (AvgIpc) is 3.56. The Morgan fingerprint density at radius 1 is 1.21 bits per heavy atom. The fraction of sp³-hybridized carbons (Fsp3) is 0.360. The minimum Gasteiger partial charge on any atom is -0.489 e. The molecule has 1 saturated carbocycles. The van der Waals surface area contributed by atoms with Crippen molar-refractivity contribution < 1.29 is 4.74 Å². The van der Waals surface area contributed by atoms with Crippen LogP contribution in [0.3, 0.4) is 0 Å². The number of nitrogens with zero attached hydrogens (tertiary/aromatic N) is 6. The van der Waals surface area contributed by atoms with Gasteiger partial charge in [-0.15, -0.1) is 0 Å². The third-order valence-corrected chi connectivity index (χ3v) is 6.49. The highest BCUT2D eigenvalue weighted by atomic mass is 35.5. The van der Waals surface area contributed by atoms with Gasteiger partial charge in [0, 0.05) is 25.2 Å². The Morgan fingerprint density at radius 2 is 1.94 bits per heavy atom. The Hall–Kier alpha value is -3.39. The first-order chi connectivity index (χ1) is 16.2. The average molecular weight is 481 g/mol. The zero-order chi connectivity index (χ0) is 24.6. The zero-order valence-corrected chi connectivity index (χ0v) is 20.9. The Labute approximate surface area is 203 Å². The lowest BCUT2D eigenvalue weighted by Crippen LogP contribution is -2.23. The highest BCUT2D eigenvalue weighted by Gasteiger charge is 2.28. The van der Waals surface area contributed by atoms with Gasteiger partial charge in [0.05, 0.1) is 11.4 Å². The van der Waals surface area contributed by atoms with Gasteiger partial charge < -0.3 is 4.74 Å². The molecule has 1 aromatic carbocycles. The predicted molar refractivity (Wildman–Crippen MR) is 133 cm³/mol. The molecule has 0 spiro atoms. The van der Waals surface area contributed by atoms with Crippen LogP contribution in [0.1, 0.15) is 55.0 Å². The maximum Gasteiger partial charge on any atom is 0.368 e.